The van der Waals surface area contributed by atoms with Crippen molar-refractivity contribution in [1.82, 2.24) is 9.55 Å². The Morgan fingerprint density at radius 3 is 2.83 bits per heavy atom. The smallest absolute Gasteiger partial charge is 0.153 e. The van der Waals surface area contributed by atoms with Gasteiger partial charge in [-0.25, -0.2) is 4.98 Å². The monoisotopic (exact) mass is 259 g/mol. The van der Waals surface area contributed by atoms with Crippen molar-refractivity contribution in [3.63, 3.8) is 0 Å². The molecule has 5 heteroatoms. The van der Waals surface area contributed by atoms with Crippen LogP contribution in [0.1, 0.15) is 0 Å². The Morgan fingerprint density at radius 1 is 1.28 bits per heavy atom. The summed E-state index contributed by atoms with van der Waals surface area (Å²) in [6.07, 6.45) is 0. The molecule has 92 valence electrons. The van der Waals surface area contributed by atoms with Crippen LogP contribution in [0.4, 0.5) is 5.69 Å². The van der Waals surface area contributed by atoms with Crippen molar-refractivity contribution in [2.75, 3.05) is 12.3 Å². The average molecular weight is 259 g/mol. The van der Waals surface area contributed by atoms with E-state index in [1.807, 2.05) is 40.3 Å². The second-order valence-corrected chi connectivity index (χ2v) is 4.92. The second-order valence-electron chi connectivity index (χ2n) is 4.00. The SMILES string of the molecule is Nc1ccsc1-c1nc2ccccc2n1CCO. The summed E-state index contributed by atoms with van der Waals surface area (Å²) >= 11 is 1.57. The molecule has 0 radical (unpaired) electrons. The Balaban J connectivity index is 2.28. The average Bonchev–Trinajstić information content (AvgIpc) is 2.94. The summed E-state index contributed by atoms with van der Waals surface area (Å²) in [5, 5.41) is 11.2. The molecular formula is C13H13N3OS. The molecule has 3 N–H and O–H groups in total. The van der Waals surface area contributed by atoms with Crippen molar-refractivity contribution in [1.29, 1.82) is 0 Å². The zero-order valence-corrected chi connectivity index (χ0v) is 10.5. The van der Waals surface area contributed by atoms with Gasteiger partial charge in [0.15, 0.2) is 5.82 Å². The lowest BCUT2D eigenvalue weighted by Crippen LogP contribution is -2.04. The summed E-state index contributed by atoms with van der Waals surface area (Å²) in [5.41, 5.74) is 8.63. The fraction of sp³-hybridized carbons (Fsp3) is 0.154. The van der Waals surface area contributed by atoms with Crippen LogP contribution in [0.2, 0.25) is 0 Å². The number of rotatable bonds is 3. The summed E-state index contributed by atoms with van der Waals surface area (Å²) in [5.74, 6) is 0.831. The van der Waals surface area contributed by atoms with Crippen LogP contribution in [0.15, 0.2) is 35.7 Å². The molecule has 0 aliphatic heterocycles. The lowest BCUT2D eigenvalue weighted by Gasteiger charge is -2.06. The molecule has 0 amide bonds. The summed E-state index contributed by atoms with van der Waals surface area (Å²) in [7, 11) is 0. The van der Waals surface area contributed by atoms with Crippen molar-refractivity contribution >= 4 is 28.1 Å². The van der Waals surface area contributed by atoms with Crippen molar-refractivity contribution in [3.8, 4) is 10.7 Å². The normalized spacial score (nSPS) is 11.2. The van der Waals surface area contributed by atoms with Gasteiger partial charge in [0, 0.05) is 6.54 Å². The van der Waals surface area contributed by atoms with Gasteiger partial charge in [0.2, 0.25) is 0 Å². The van der Waals surface area contributed by atoms with Gasteiger partial charge in [-0.15, -0.1) is 11.3 Å². The van der Waals surface area contributed by atoms with Crippen LogP contribution in [0.5, 0.6) is 0 Å². The van der Waals surface area contributed by atoms with Crippen LogP contribution in [0, 0.1) is 0 Å². The van der Waals surface area contributed by atoms with Gasteiger partial charge in [-0.3, -0.25) is 0 Å². The number of hydrogen-bond donors (Lipinski definition) is 2. The minimum atomic E-state index is 0.0820. The van der Waals surface area contributed by atoms with Crippen LogP contribution in [0.3, 0.4) is 0 Å². The van der Waals surface area contributed by atoms with E-state index in [9.17, 15) is 5.11 Å². The fourth-order valence-electron chi connectivity index (χ4n) is 2.08. The highest BCUT2D eigenvalue weighted by molar-refractivity contribution is 7.14. The molecule has 3 aromatic rings. The topological polar surface area (TPSA) is 64.1 Å². The third kappa shape index (κ3) is 1.68. The number of benzene rings is 1. The predicted octanol–water partition coefficient (Wildman–Crippen LogP) is 2.34. The van der Waals surface area contributed by atoms with E-state index in [0.717, 1.165) is 27.4 Å². The number of aliphatic hydroxyl groups excluding tert-OH is 1. The molecule has 1 aromatic carbocycles. The Labute approximate surface area is 108 Å². The van der Waals surface area contributed by atoms with E-state index in [1.165, 1.54) is 0 Å². The summed E-state index contributed by atoms with van der Waals surface area (Å²) in [6, 6.07) is 9.78. The number of anilines is 1. The largest absolute Gasteiger partial charge is 0.397 e. The Kier molecular flexibility index (Phi) is 2.77. The number of nitrogens with zero attached hydrogens (tertiary/aromatic N) is 2. The maximum absolute atomic E-state index is 9.21. The highest BCUT2D eigenvalue weighted by Gasteiger charge is 2.14. The molecule has 3 rings (SSSR count). The highest BCUT2D eigenvalue weighted by Crippen LogP contribution is 2.33. The van der Waals surface area contributed by atoms with E-state index in [4.69, 9.17) is 5.73 Å². The van der Waals surface area contributed by atoms with Gasteiger partial charge in [-0.05, 0) is 23.6 Å². The molecule has 0 saturated heterocycles. The Hall–Kier alpha value is -1.85. The quantitative estimate of drug-likeness (QED) is 0.758. The van der Waals surface area contributed by atoms with E-state index in [0.29, 0.717) is 6.54 Å². The molecule has 0 unspecified atom stereocenters. The van der Waals surface area contributed by atoms with Gasteiger partial charge in [-0.1, -0.05) is 12.1 Å². The lowest BCUT2D eigenvalue weighted by molar-refractivity contribution is 0.278. The van der Waals surface area contributed by atoms with Gasteiger partial charge >= 0.3 is 0 Å². The molecule has 18 heavy (non-hydrogen) atoms. The first-order chi connectivity index (χ1) is 8.81. The molecule has 4 nitrogen and oxygen atoms in total. The van der Waals surface area contributed by atoms with Gasteiger partial charge in [0.05, 0.1) is 28.2 Å². The van der Waals surface area contributed by atoms with Crippen LogP contribution in [-0.4, -0.2) is 21.3 Å². The van der Waals surface area contributed by atoms with Crippen LogP contribution < -0.4 is 5.73 Å². The molecule has 0 atom stereocenters. The van der Waals surface area contributed by atoms with Crippen molar-refractivity contribution in [2.45, 2.75) is 6.54 Å². The number of nitrogen functional groups attached to an aromatic ring is 1. The fourth-order valence-corrected chi connectivity index (χ4v) is 2.89. The van der Waals surface area contributed by atoms with Crippen LogP contribution in [0.25, 0.3) is 21.7 Å². The number of aliphatic hydroxyl groups is 1. The molecule has 0 saturated carbocycles. The summed E-state index contributed by atoms with van der Waals surface area (Å²) in [4.78, 5) is 5.57. The summed E-state index contributed by atoms with van der Waals surface area (Å²) < 4.78 is 2.01. The van der Waals surface area contributed by atoms with E-state index < -0.39 is 0 Å². The summed E-state index contributed by atoms with van der Waals surface area (Å²) in [6.45, 7) is 0.603. The zero-order chi connectivity index (χ0) is 12.5. The second kappa shape index (κ2) is 4.44. The first-order valence-electron chi connectivity index (χ1n) is 5.70. The number of imidazole rings is 1. The maximum Gasteiger partial charge on any atom is 0.153 e. The number of nitrogens with two attached hydrogens (primary N) is 1. The van der Waals surface area contributed by atoms with Crippen LogP contribution in [-0.2, 0) is 6.54 Å². The molecule has 0 spiro atoms. The van der Waals surface area contributed by atoms with E-state index >= 15 is 0 Å². The Morgan fingerprint density at radius 2 is 2.11 bits per heavy atom. The van der Waals surface area contributed by atoms with Crippen molar-refractivity contribution < 1.29 is 5.11 Å². The number of hydrogen-bond acceptors (Lipinski definition) is 4. The third-order valence-corrected chi connectivity index (χ3v) is 3.80. The first kappa shape index (κ1) is 11.3. The minimum Gasteiger partial charge on any atom is -0.397 e. The van der Waals surface area contributed by atoms with Crippen LogP contribution >= 0.6 is 11.3 Å². The van der Waals surface area contributed by atoms with E-state index in [1.54, 1.807) is 11.3 Å². The Bertz CT molecular complexity index is 686. The molecule has 2 aromatic heterocycles. The first-order valence-corrected chi connectivity index (χ1v) is 6.58. The van der Waals surface area contributed by atoms with Gasteiger partial charge in [-0.2, -0.15) is 0 Å². The molecule has 0 fully saturated rings. The van der Waals surface area contributed by atoms with E-state index in [2.05, 4.69) is 4.98 Å². The van der Waals surface area contributed by atoms with Gasteiger partial charge in [0.1, 0.15) is 0 Å². The number of fused-ring (bicyclic) bond motifs is 1. The number of aromatic nitrogens is 2. The molecule has 0 aliphatic rings. The van der Waals surface area contributed by atoms with Crippen molar-refractivity contribution in [3.05, 3.63) is 35.7 Å². The predicted molar refractivity (Wildman–Crippen MR) is 74.5 cm³/mol. The molecule has 0 bridgehead atoms. The van der Waals surface area contributed by atoms with Gasteiger partial charge < -0.3 is 15.4 Å². The van der Waals surface area contributed by atoms with E-state index in [-0.39, 0.29) is 6.61 Å². The molecule has 0 aliphatic carbocycles. The minimum absolute atomic E-state index is 0.0820. The maximum atomic E-state index is 9.21. The molecular weight excluding hydrogens is 246 g/mol. The standard InChI is InChI=1S/C13H13N3OS/c14-9-5-8-18-12(9)13-15-10-3-1-2-4-11(10)16(13)6-7-17/h1-5,8,17H,6-7,14H2. The number of thiophene rings is 1. The lowest BCUT2D eigenvalue weighted by atomic mass is 10.3. The third-order valence-electron chi connectivity index (χ3n) is 2.88. The van der Waals surface area contributed by atoms with Crippen molar-refractivity contribution in [2.24, 2.45) is 0 Å². The van der Waals surface area contributed by atoms with Gasteiger partial charge in [0.25, 0.3) is 0 Å². The molecule has 2 heterocycles. The highest BCUT2D eigenvalue weighted by atomic mass is 32.1. The zero-order valence-electron chi connectivity index (χ0n) is 9.71. The number of para-hydroxylation sites is 2.